The molecule has 0 N–H and O–H groups in total. The molecule has 2 aliphatic heterocycles. The first-order valence-corrected chi connectivity index (χ1v) is 11.5. The van der Waals surface area contributed by atoms with Gasteiger partial charge in [0.15, 0.2) is 0 Å². The summed E-state index contributed by atoms with van der Waals surface area (Å²) in [6.45, 7) is 2.47. The van der Waals surface area contributed by atoms with Crippen molar-refractivity contribution in [1.82, 2.24) is 9.88 Å². The summed E-state index contributed by atoms with van der Waals surface area (Å²) in [5.74, 6) is 0.828. The number of hydrogen-bond donors (Lipinski definition) is 0. The standard InChI is InChI=1S/C28H25N3O3/c1-30-24-15-18(8-10-26(32)31-11-13-34-14-12-31)7-9-21(24)28-27-22(16-19(33-2)17-25(27)30)20-5-3-4-6-23(20)29-28/h3-10,15-17H,11-14H2,1-2H3/b10-8+. The second-order valence-electron chi connectivity index (χ2n) is 8.65. The molecule has 1 amide bonds. The summed E-state index contributed by atoms with van der Waals surface area (Å²) in [4.78, 5) is 21.6. The topological polar surface area (TPSA) is 54.9 Å². The number of aromatic nitrogens is 1. The molecule has 4 aromatic rings. The van der Waals surface area contributed by atoms with Crippen molar-refractivity contribution < 1.29 is 14.3 Å². The van der Waals surface area contributed by atoms with E-state index in [1.165, 1.54) is 0 Å². The fourth-order valence-electron chi connectivity index (χ4n) is 4.93. The lowest BCUT2D eigenvalue weighted by Gasteiger charge is -2.31. The van der Waals surface area contributed by atoms with E-state index in [2.05, 4.69) is 48.3 Å². The number of carbonyl (C=O) groups is 1. The van der Waals surface area contributed by atoms with Crippen molar-refractivity contribution in [1.29, 1.82) is 0 Å². The summed E-state index contributed by atoms with van der Waals surface area (Å²) >= 11 is 0. The maximum Gasteiger partial charge on any atom is 0.246 e. The molecule has 3 heterocycles. The Balaban J connectivity index is 1.47. The number of morpholine rings is 1. The second-order valence-corrected chi connectivity index (χ2v) is 8.65. The third kappa shape index (κ3) is 3.30. The molecule has 0 atom stereocenters. The van der Waals surface area contributed by atoms with E-state index in [9.17, 15) is 4.79 Å². The zero-order valence-electron chi connectivity index (χ0n) is 19.2. The van der Waals surface area contributed by atoms with Crippen LogP contribution < -0.4 is 9.64 Å². The number of para-hydroxylation sites is 1. The number of pyridine rings is 1. The van der Waals surface area contributed by atoms with Crippen molar-refractivity contribution in [2.24, 2.45) is 0 Å². The third-order valence-corrected chi connectivity index (χ3v) is 6.73. The molecule has 1 aromatic heterocycles. The van der Waals surface area contributed by atoms with Gasteiger partial charge in [0.25, 0.3) is 0 Å². The molecule has 34 heavy (non-hydrogen) atoms. The lowest BCUT2D eigenvalue weighted by atomic mass is 9.92. The Morgan fingerprint density at radius 2 is 1.85 bits per heavy atom. The van der Waals surface area contributed by atoms with Crippen LogP contribution in [0.2, 0.25) is 0 Å². The van der Waals surface area contributed by atoms with Crippen LogP contribution in [0.5, 0.6) is 5.75 Å². The van der Waals surface area contributed by atoms with E-state index < -0.39 is 0 Å². The maximum atomic E-state index is 12.6. The van der Waals surface area contributed by atoms with Gasteiger partial charge in [0, 0.05) is 48.6 Å². The van der Waals surface area contributed by atoms with Crippen molar-refractivity contribution in [3.8, 4) is 17.0 Å². The summed E-state index contributed by atoms with van der Waals surface area (Å²) < 4.78 is 11.0. The minimum Gasteiger partial charge on any atom is -0.497 e. The fourth-order valence-corrected chi connectivity index (χ4v) is 4.93. The number of nitrogens with zero attached hydrogens (tertiary/aromatic N) is 3. The van der Waals surface area contributed by atoms with Crippen LogP contribution in [-0.4, -0.2) is 56.3 Å². The van der Waals surface area contributed by atoms with Crippen LogP contribution in [0.1, 0.15) is 5.56 Å². The monoisotopic (exact) mass is 451 g/mol. The first-order chi connectivity index (χ1) is 16.6. The third-order valence-electron chi connectivity index (χ3n) is 6.73. The van der Waals surface area contributed by atoms with Gasteiger partial charge in [-0.15, -0.1) is 0 Å². The number of amides is 1. The van der Waals surface area contributed by atoms with Crippen LogP contribution in [0.15, 0.2) is 60.7 Å². The Hall–Kier alpha value is -3.90. The Labute approximate surface area is 198 Å². The average molecular weight is 452 g/mol. The first kappa shape index (κ1) is 20.7. The Kier molecular flexibility index (Phi) is 4.96. The van der Waals surface area contributed by atoms with Gasteiger partial charge in [-0.2, -0.15) is 0 Å². The number of anilines is 2. The van der Waals surface area contributed by atoms with E-state index in [0.29, 0.717) is 26.3 Å². The first-order valence-electron chi connectivity index (χ1n) is 11.5. The summed E-state index contributed by atoms with van der Waals surface area (Å²) in [6.07, 6.45) is 3.54. The molecule has 3 aromatic carbocycles. The highest BCUT2D eigenvalue weighted by molar-refractivity contribution is 6.19. The molecule has 1 saturated heterocycles. The number of ether oxygens (including phenoxy) is 2. The molecule has 0 aliphatic carbocycles. The predicted molar refractivity (Wildman–Crippen MR) is 136 cm³/mol. The van der Waals surface area contributed by atoms with Gasteiger partial charge >= 0.3 is 0 Å². The number of hydrogen-bond acceptors (Lipinski definition) is 5. The summed E-state index contributed by atoms with van der Waals surface area (Å²) in [6, 6.07) is 18.7. The van der Waals surface area contributed by atoms with Gasteiger partial charge in [-0.3, -0.25) is 4.79 Å². The van der Waals surface area contributed by atoms with Crippen LogP contribution in [0, 0.1) is 0 Å². The smallest absolute Gasteiger partial charge is 0.246 e. The predicted octanol–water partition coefficient (Wildman–Crippen LogP) is 5.02. The molecule has 0 saturated carbocycles. The van der Waals surface area contributed by atoms with Crippen molar-refractivity contribution in [3.05, 3.63) is 66.2 Å². The minimum absolute atomic E-state index is 0.0161. The molecular weight excluding hydrogens is 426 g/mol. The van der Waals surface area contributed by atoms with Crippen LogP contribution >= 0.6 is 0 Å². The molecule has 170 valence electrons. The van der Waals surface area contributed by atoms with Crippen molar-refractivity contribution in [2.45, 2.75) is 0 Å². The lowest BCUT2D eigenvalue weighted by molar-refractivity contribution is -0.129. The van der Waals surface area contributed by atoms with Gasteiger partial charge in [0.2, 0.25) is 5.91 Å². The molecule has 1 fully saturated rings. The summed E-state index contributed by atoms with van der Waals surface area (Å²) in [5.41, 5.74) is 6.08. The fraction of sp³-hybridized carbons (Fsp3) is 0.214. The van der Waals surface area contributed by atoms with Crippen LogP contribution in [0.4, 0.5) is 11.4 Å². The second kappa shape index (κ2) is 8.15. The average Bonchev–Trinajstić information content (AvgIpc) is 2.90. The van der Waals surface area contributed by atoms with Gasteiger partial charge < -0.3 is 19.3 Å². The highest BCUT2D eigenvalue weighted by Gasteiger charge is 2.26. The van der Waals surface area contributed by atoms with E-state index in [1.54, 1.807) is 13.2 Å². The van der Waals surface area contributed by atoms with Gasteiger partial charge in [-0.25, -0.2) is 4.98 Å². The number of methoxy groups -OCH3 is 1. The Morgan fingerprint density at radius 1 is 1.03 bits per heavy atom. The van der Waals surface area contributed by atoms with Crippen LogP contribution in [0.25, 0.3) is 39.0 Å². The number of rotatable bonds is 3. The van der Waals surface area contributed by atoms with Crippen LogP contribution in [-0.2, 0) is 9.53 Å². The quantitative estimate of drug-likeness (QED) is 0.324. The molecule has 6 rings (SSSR count). The highest BCUT2D eigenvalue weighted by Crippen LogP contribution is 2.49. The molecule has 0 bridgehead atoms. The van der Waals surface area contributed by atoms with E-state index in [1.807, 2.05) is 29.2 Å². The molecule has 2 aliphatic rings. The van der Waals surface area contributed by atoms with Gasteiger partial charge in [-0.1, -0.05) is 30.3 Å². The molecule has 0 unspecified atom stereocenters. The van der Waals surface area contributed by atoms with E-state index in [0.717, 1.165) is 55.6 Å². The zero-order valence-corrected chi connectivity index (χ0v) is 19.2. The Bertz CT molecular complexity index is 1470. The van der Waals surface area contributed by atoms with Crippen molar-refractivity contribution in [3.63, 3.8) is 0 Å². The Morgan fingerprint density at radius 3 is 2.68 bits per heavy atom. The normalized spacial score (nSPS) is 15.2. The zero-order chi connectivity index (χ0) is 23.2. The van der Waals surface area contributed by atoms with Gasteiger partial charge in [0.1, 0.15) is 5.75 Å². The highest BCUT2D eigenvalue weighted by atomic mass is 16.5. The SMILES string of the molecule is COc1cc2c3c(nc4ccccc4c3c1)-c1ccc(/C=C/C(=O)N3CCOCC3)cc1N2C. The largest absolute Gasteiger partial charge is 0.497 e. The molecule has 6 heteroatoms. The van der Waals surface area contributed by atoms with Crippen LogP contribution in [0.3, 0.4) is 0 Å². The lowest BCUT2D eigenvalue weighted by Crippen LogP contribution is -2.39. The molecule has 6 nitrogen and oxygen atoms in total. The maximum absolute atomic E-state index is 12.6. The molecule has 0 spiro atoms. The van der Waals surface area contributed by atoms with Crippen molar-refractivity contribution >= 4 is 45.0 Å². The molecular formula is C28H25N3O3. The van der Waals surface area contributed by atoms with Gasteiger partial charge in [-0.05, 0) is 35.2 Å². The molecule has 0 radical (unpaired) electrons. The summed E-state index contributed by atoms with van der Waals surface area (Å²) in [7, 11) is 3.76. The van der Waals surface area contributed by atoms with E-state index in [4.69, 9.17) is 14.5 Å². The summed E-state index contributed by atoms with van der Waals surface area (Å²) in [5, 5.41) is 3.37. The van der Waals surface area contributed by atoms with E-state index in [-0.39, 0.29) is 5.91 Å². The number of carbonyl (C=O) groups excluding carboxylic acids is 1. The van der Waals surface area contributed by atoms with Gasteiger partial charge in [0.05, 0.1) is 42.9 Å². The van der Waals surface area contributed by atoms with E-state index >= 15 is 0 Å². The van der Waals surface area contributed by atoms with Crippen molar-refractivity contribution in [2.75, 3.05) is 45.4 Å². The number of benzene rings is 3. The minimum atomic E-state index is 0.0161. The number of fused-ring (bicyclic) bond motifs is 4.